The molecule has 3 aliphatic rings. The van der Waals surface area contributed by atoms with Crippen LogP contribution >= 0.6 is 0 Å². The van der Waals surface area contributed by atoms with Crippen LogP contribution in [-0.2, 0) is 9.47 Å². The molecule has 2 heterocycles. The lowest BCUT2D eigenvalue weighted by molar-refractivity contribution is -0.181. The van der Waals surface area contributed by atoms with Gasteiger partial charge in [-0.15, -0.1) is 0 Å². The molecule has 4 N–H and O–H groups in total. The van der Waals surface area contributed by atoms with E-state index in [2.05, 4.69) is 27.2 Å². The van der Waals surface area contributed by atoms with E-state index in [1.807, 2.05) is 13.8 Å². The zero-order chi connectivity index (χ0) is 24.5. The van der Waals surface area contributed by atoms with Crippen molar-refractivity contribution < 1.29 is 22.6 Å². The van der Waals surface area contributed by atoms with Crippen molar-refractivity contribution in [1.82, 2.24) is 10.2 Å². The van der Waals surface area contributed by atoms with Crippen LogP contribution in [0.15, 0.2) is 46.4 Å². The van der Waals surface area contributed by atoms with E-state index >= 15 is 0 Å². The number of benzene rings is 1. The van der Waals surface area contributed by atoms with Crippen LogP contribution in [0.5, 0.6) is 0 Å². The lowest BCUT2D eigenvalue weighted by Gasteiger charge is -2.40. The maximum Gasteiger partial charge on any atom is 0.210 e. The number of guanidine groups is 1. The topological polar surface area (TPSA) is 96.5 Å². The highest BCUT2D eigenvalue weighted by Gasteiger charge is 2.44. The van der Waals surface area contributed by atoms with Gasteiger partial charge in [0.05, 0.1) is 13.2 Å². The van der Waals surface area contributed by atoms with Gasteiger partial charge in [-0.05, 0) is 26.7 Å². The normalized spacial score (nSPS) is 22.8. The molecule has 1 aliphatic carbocycles. The minimum Gasteiger partial charge on any atom is -0.403 e. The van der Waals surface area contributed by atoms with E-state index in [1.54, 1.807) is 4.90 Å². The first kappa shape index (κ1) is 24.1. The number of hydrogen-bond donors (Lipinski definition) is 3. The molecule has 0 bridgehead atoms. The largest absolute Gasteiger partial charge is 0.403 e. The third kappa shape index (κ3) is 4.90. The van der Waals surface area contributed by atoms with Crippen molar-refractivity contribution in [1.29, 1.82) is 0 Å². The third-order valence-corrected chi connectivity index (χ3v) is 5.91. The molecule has 0 amide bonds. The number of nitrogens with two attached hydrogens (primary N) is 1. The van der Waals surface area contributed by atoms with Crippen LogP contribution in [0.25, 0.3) is 0 Å². The zero-order valence-corrected chi connectivity index (χ0v) is 19.2. The molecule has 11 heteroatoms. The summed E-state index contributed by atoms with van der Waals surface area (Å²) in [7, 11) is 0. The first-order chi connectivity index (χ1) is 16.2. The molecule has 184 valence electrons. The fraction of sp³-hybridized carbons (Fsp3) is 0.478. The summed E-state index contributed by atoms with van der Waals surface area (Å²) in [5, 5.41) is 5.81. The number of hydrogen-bond acceptors (Lipinski definition) is 7. The van der Waals surface area contributed by atoms with Gasteiger partial charge in [0, 0.05) is 43.3 Å². The maximum absolute atomic E-state index is 14.4. The van der Waals surface area contributed by atoms with Crippen molar-refractivity contribution in [3.63, 3.8) is 0 Å². The second-order valence-electron chi connectivity index (χ2n) is 8.75. The fourth-order valence-corrected chi connectivity index (χ4v) is 4.45. The van der Waals surface area contributed by atoms with Gasteiger partial charge in [-0.3, -0.25) is 4.90 Å². The molecule has 1 aromatic rings. The Labute approximate surface area is 196 Å². The van der Waals surface area contributed by atoms with E-state index in [-0.39, 0.29) is 18.0 Å². The predicted molar refractivity (Wildman–Crippen MR) is 123 cm³/mol. The number of nitrogens with zero attached hydrogens (tertiary/aromatic N) is 3. The molecule has 34 heavy (non-hydrogen) atoms. The average Bonchev–Trinajstić information content (AvgIpc) is 3.35. The van der Waals surface area contributed by atoms with Crippen LogP contribution in [0.1, 0.15) is 39.5 Å². The molecule has 2 aliphatic heterocycles. The van der Waals surface area contributed by atoms with Gasteiger partial charge >= 0.3 is 0 Å². The Bertz CT molecular complexity index is 1020. The quantitative estimate of drug-likeness (QED) is 0.599. The fourth-order valence-electron chi connectivity index (χ4n) is 4.45. The molecule has 0 aromatic heterocycles. The first-order valence-electron chi connectivity index (χ1n) is 11.2. The lowest BCUT2D eigenvalue weighted by atomic mass is 9.89. The van der Waals surface area contributed by atoms with E-state index in [0.29, 0.717) is 68.4 Å². The molecule has 4 rings (SSSR count). The van der Waals surface area contributed by atoms with Crippen molar-refractivity contribution in [2.24, 2.45) is 15.7 Å². The number of amidine groups is 1. The standard InChI is InChI=1S/C23H29F3N6O2/c1-13(2)28-14(3)29-21-19(12-27)30-22(31-20-17(25)10-15(24)11-18(20)26)32(21)16-4-6-23(7-5-16)33-8-9-34-23/h10-13,16,28H,3-9,27H2,1-2H3,(H,30,31)/b19-12+,29-21+. The van der Waals surface area contributed by atoms with Gasteiger partial charge in [0.2, 0.25) is 5.96 Å². The Balaban J connectivity index is 1.67. The summed E-state index contributed by atoms with van der Waals surface area (Å²) in [5.74, 6) is -2.86. The SMILES string of the molecule is C=C(/N=C1\C(=C/N)N=C(Nc2c(F)cc(F)cc2F)N1C1CCC2(CC1)OCCO2)NC(C)C. The van der Waals surface area contributed by atoms with Crippen LogP contribution in [0, 0.1) is 17.5 Å². The molecule has 1 aromatic carbocycles. The summed E-state index contributed by atoms with van der Waals surface area (Å²) in [5.41, 5.74) is 5.62. The van der Waals surface area contributed by atoms with Gasteiger partial charge in [-0.1, -0.05) is 6.58 Å². The second kappa shape index (κ2) is 9.67. The van der Waals surface area contributed by atoms with E-state index < -0.39 is 28.9 Å². The van der Waals surface area contributed by atoms with Crippen LogP contribution in [0.4, 0.5) is 18.9 Å². The highest BCUT2D eigenvalue weighted by atomic mass is 19.1. The highest BCUT2D eigenvalue weighted by Crippen LogP contribution is 2.39. The van der Waals surface area contributed by atoms with Gasteiger partial charge in [-0.25, -0.2) is 23.2 Å². The van der Waals surface area contributed by atoms with Gasteiger partial charge in [-0.2, -0.15) is 0 Å². The Morgan fingerprint density at radius 3 is 2.41 bits per heavy atom. The van der Waals surface area contributed by atoms with Crippen molar-refractivity contribution in [3.8, 4) is 0 Å². The molecule has 0 radical (unpaired) electrons. The average molecular weight is 479 g/mol. The van der Waals surface area contributed by atoms with Crippen LogP contribution in [-0.4, -0.2) is 47.8 Å². The van der Waals surface area contributed by atoms with Crippen molar-refractivity contribution in [3.05, 3.63) is 53.9 Å². The minimum absolute atomic E-state index is 0.0872. The summed E-state index contributed by atoms with van der Waals surface area (Å²) in [4.78, 5) is 10.8. The van der Waals surface area contributed by atoms with E-state index in [9.17, 15) is 13.2 Å². The number of ether oxygens (including phenoxy) is 2. The number of anilines is 1. The molecular weight excluding hydrogens is 449 g/mol. The molecule has 8 nitrogen and oxygen atoms in total. The van der Waals surface area contributed by atoms with Crippen LogP contribution in [0.3, 0.4) is 0 Å². The molecule has 0 atom stereocenters. The summed E-state index contributed by atoms with van der Waals surface area (Å²) < 4.78 is 53.9. The Morgan fingerprint density at radius 1 is 1.24 bits per heavy atom. The first-order valence-corrected chi connectivity index (χ1v) is 11.2. The molecule has 1 saturated heterocycles. The van der Waals surface area contributed by atoms with Crippen LogP contribution < -0.4 is 16.4 Å². The summed E-state index contributed by atoms with van der Waals surface area (Å²) in [6.07, 6.45) is 3.85. The smallest absolute Gasteiger partial charge is 0.210 e. The van der Waals surface area contributed by atoms with Crippen LogP contribution in [0.2, 0.25) is 0 Å². The third-order valence-electron chi connectivity index (χ3n) is 5.91. The predicted octanol–water partition coefficient (Wildman–Crippen LogP) is 3.54. The number of halogens is 3. The van der Waals surface area contributed by atoms with E-state index in [1.165, 1.54) is 6.20 Å². The second-order valence-corrected chi connectivity index (χ2v) is 8.75. The molecule has 1 spiro atoms. The summed E-state index contributed by atoms with van der Waals surface area (Å²) in [6.45, 7) is 8.95. The Morgan fingerprint density at radius 2 is 1.85 bits per heavy atom. The lowest BCUT2D eigenvalue weighted by Crippen LogP contribution is -2.49. The van der Waals surface area contributed by atoms with Gasteiger partial charge in [0.15, 0.2) is 23.3 Å². The monoisotopic (exact) mass is 478 g/mol. The van der Waals surface area contributed by atoms with Crippen molar-refractivity contribution in [2.45, 2.75) is 57.4 Å². The minimum atomic E-state index is -1.08. The molecule has 1 saturated carbocycles. The van der Waals surface area contributed by atoms with Gasteiger partial charge in [0.1, 0.15) is 23.0 Å². The maximum atomic E-state index is 14.4. The summed E-state index contributed by atoms with van der Waals surface area (Å²) >= 11 is 0. The molecule has 2 fully saturated rings. The van der Waals surface area contributed by atoms with Gasteiger partial charge < -0.3 is 25.8 Å². The highest BCUT2D eigenvalue weighted by molar-refractivity contribution is 6.18. The molecule has 0 unspecified atom stereocenters. The van der Waals surface area contributed by atoms with Crippen molar-refractivity contribution >= 4 is 17.5 Å². The Kier molecular flexibility index (Phi) is 6.85. The van der Waals surface area contributed by atoms with E-state index in [0.717, 1.165) is 0 Å². The number of nitrogens with one attached hydrogen (secondary N) is 2. The summed E-state index contributed by atoms with van der Waals surface area (Å²) in [6, 6.07) is 1.16. The van der Waals surface area contributed by atoms with Gasteiger partial charge in [0.25, 0.3) is 0 Å². The number of rotatable bonds is 5. The zero-order valence-electron chi connectivity index (χ0n) is 19.2. The molecular formula is C23H29F3N6O2. The Hall–Kier alpha value is -3.05. The van der Waals surface area contributed by atoms with Crippen molar-refractivity contribution in [2.75, 3.05) is 18.5 Å². The van der Waals surface area contributed by atoms with E-state index in [4.69, 9.17) is 15.2 Å². The number of aliphatic imine (C=N–C) groups is 2.